The average molecular weight is 442 g/mol. The highest BCUT2D eigenvalue weighted by molar-refractivity contribution is 5.78. The van der Waals surface area contributed by atoms with Gasteiger partial charge in [0.05, 0.1) is 24.5 Å². The van der Waals surface area contributed by atoms with Crippen molar-refractivity contribution in [3.05, 3.63) is 47.7 Å². The first-order chi connectivity index (χ1) is 15.5. The van der Waals surface area contributed by atoms with Crippen LogP contribution in [0.5, 0.6) is 0 Å². The molecule has 0 aromatic carbocycles. The Bertz CT molecular complexity index is 969. The molecule has 9 heteroatoms. The fraction of sp³-hybridized carbons (Fsp3) is 0.478. The highest BCUT2D eigenvalue weighted by atomic mass is 19.1. The van der Waals surface area contributed by atoms with E-state index in [1.807, 2.05) is 24.0 Å². The minimum absolute atomic E-state index is 0.00501. The normalized spacial score (nSPS) is 18.4. The van der Waals surface area contributed by atoms with Crippen LogP contribution in [-0.4, -0.2) is 64.4 Å². The Labute approximate surface area is 186 Å². The minimum atomic E-state index is -0.392. The number of amides is 2. The molecule has 2 amide bonds. The summed E-state index contributed by atoms with van der Waals surface area (Å²) in [6.45, 7) is 4.22. The summed E-state index contributed by atoms with van der Waals surface area (Å²) >= 11 is 0. The van der Waals surface area contributed by atoms with Crippen LogP contribution in [0, 0.1) is 12.7 Å². The van der Waals surface area contributed by atoms with Gasteiger partial charge in [0.2, 0.25) is 11.8 Å². The van der Waals surface area contributed by atoms with Crippen molar-refractivity contribution in [2.45, 2.75) is 38.6 Å². The van der Waals surface area contributed by atoms with Crippen molar-refractivity contribution >= 4 is 23.3 Å². The quantitative estimate of drug-likeness (QED) is 0.634. The Morgan fingerprint density at radius 3 is 2.91 bits per heavy atom. The zero-order chi connectivity index (χ0) is 22.5. The molecule has 2 aliphatic heterocycles. The zero-order valence-corrected chi connectivity index (χ0v) is 18.2. The van der Waals surface area contributed by atoms with E-state index >= 15 is 0 Å². The number of anilines is 2. The summed E-state index contributed by atoms with van der Waals surface area (Å²) in [5.74, 6) is 0.229. The minimum Gasteiger partial charge on any atom is -0.370 e. The number of ether oxygens (including phenoxy) is 1. The van der Waals surface area contributed by atoms with Gasteiger partial charge in [-0.05, 0) is 50.5 Å². The van der Waals surface area contributed by atoms with Crippen LogP contribution in [-0.2, 0) is 14.3 Å². The lowest BCUT2D eigenvalue weighted by Crippen LogP contribution is -2.35. The number of hydrogen-bond donors (Lipinski definition) is 1. The molecule has 2 saturated heterocycles. The first-order valence-electron chi connectivity index (χ1n) is 11.0. The van der Waals surface area contributed by atoms with Crippen LogP contribution >= 0.6 is 0 Å². The third-order valence-corrected chi connectivity index (χ3v) is 5.79. The first kappa shape index (κ1) is 22.1. The number of hydrogen-bond acceptors (Lipinski definition) is 6. The molecule has 32 heavy (non-hydrogen) atoms. The van der Waals surface area contributed by atoms with Gasteiger partial charge in [-0.25, -0.2) is 9.37 Å². The lowest BCUT2D eigenvalue weighted by atomic mass is 10.1. The van der Waals surface area contributed by atoms with Crippen molar-refractivity contribution in [3.8, 4) is 0 Å². The maximum atomic E-state index is 13.1. The Kier molecular flexibility index (Phi) is 6.94. The van der Waals surface area contributed by atoms with E-state index in [1.54, 1.807) is 11.0 Å². The number of likely N-dealkylation sites (tertiary alicyclic amines) is 2. The van der Waals surface area contributed by atoms with Crippen molar-refractivity contribution in [2.24, 2.45) is 0 Å². The monoisotopic (exact) mass is 441 g/mol. The van der Waals surface area contributed by atoms with Crippen molar-refractivity contribution < 1.29 is 18.7 Å². The number of carbonyl (C=O) groups is 2. The molecular weight excluding hydrogens is 413 g/mol. The predicted octanol–water partition coefficient (Wildman–Crippen LogP) is 2.97. The van der Waals surface area contributed by atoms with Crippen molar-refractivity contribution in [2.75, 3.05) is 38.2 Å². The van der Waals surface area contributed by atoms with E-state index < -0.39 is 5.82 Å². The van der Waals surface area contributed by atoms with Crippen LogP contribution < -0.4 is 5.32 Å². The zero-order valence-electron chi connectivity index (χ0n) is 18.2. The molecule has 0 saturated carbocycles. The molecule has 4 heterocycles. The van der Waals surface area contributed by atoms with E-state index in [-0.39, 0.29) is 24.5 Å². The molecule has 4 rings (SSSR count). The number of nitrogens with zero attached hydrogens (tertiary/aromatic N) is 4. The van der Waals surface area contributed by atoms with E-state index in [4.69, 9.17) is 4.74 Å². The number of pyridine rings is 2. The lowest BCUT2D eigenvalue weighted by Gasteiger charge is -2.25. The molecule has 0 bridgehead atoms. The van der Waals surface area contributed by atoms with Crippen LogP contribution in [0.3, 0.4) is 0 Å². The Morgan fingerprint density at radius 2 is 2.16 bits per heavy atom. The Balaban J connectivity index is 1.36. The van der Waals surface area contributed by atoms with Gasteiger partial charge < -0.3 is 19.9 Å². The largest absolute Gasteiger partial charge is 0.370 e. The number of halogens is 1. The number of aromatic nitrogens is 2. The molecule has 1 atom stereocenters. The molecule has 2 aliphatic rings. The highest BCUT2D eigenvalue weighted by Gasteiger charge is 2.31. The molecule has 2 fully saturated rings. The maximum Gasteiger partial charge on any atom is 0.249 e. The van der Waals surface area contributed by atoms with E-state index in [9.17, 15) is 14.0 Å². The summed E-state index contributed by atoms with van der Waals surface area (Å²) in [4.78, 5) is 36.8. The number of carbonyl (C=O) groups excluding carboxylic acids is 2. The molecule has 0 spiro atoms. The van der Waals surface area contributed by atoms with Crippen LogP contribution in [0.25, 0.3) is 0 Å². The Morgan fingerprint density at radius 1 is 1.28 bits per heavy atom. The molecule has 0 aliphatic carbocycles. The lowest BCUT2D eigenvalue weighted by molar-refractivity contribution is -0.137. The number of nitrogens with one attached hydrogen (secondary N) is 1. The highest BCUT2D eigenvalue weighted by Crippen LogP contribution is 2.32. The van der Waals surface area contributed by atoms with Gasteiger partial charge in [0, 0.05) is 37.4 Å². The smallest absolute Gasteiger partial charge is 0.249 e. The van der Waals surface area contributed by atoms with E-state index in [2.05, 4.69) is 15.3 Å². The SMILES string of the molecule is Cc1cc(Nc2ccc(F)cn2)cc([C@@H]2CCCN2C(=O)COCCN2CCCC2=O)n1. The number of rotatable bonds is 8. The fourth-order valence-corrected chi connectivity index (χ4v) is 4.27. The maximum absolute atomic E-state index is 13.1. The second-order valence-electron chi connectivity index (χ2n) is 8.19. The van der Waals surface area contributed by atoms with Gasteiger partial charge in [-0.2, -0.15) is 0 Å². The van der Waals surface area contributed by atoms with Crippen molar-refractivity contribution in [3.63, 3.8) is 0 Å². The molecule has 1 N–H and O–H groups in total. The van der Waals surface area contributed by atoms with Gasteiger partial charge >= 0.3 is 0 Å². The summed E-state index contributed by atoms with van der Waals surface area (Å²) in [5.41, 5.74) is 2.42. The molecule has 2 aromatic rings. The fourth-order valence-electron chi connectivity index (χ4n) is 4.27. The summed E-state index contributed by atoms with van der Waals surface area (Å²) in [5, 5.41) is 3.17. The average Bonchev–Trinajstić information content (AvgIpc) is 3.42. The van der Waals surface area contributed by atoms with Crippen molar-refractivity contribution in [1.82, 2.24) is 19.8 Å². The number of aryl methyl sites for hydroxylation is 1. The summed E-state index contributed by atoms with van der Waals surface area (Å²) in [6.07, 6.45) is 4.39. The van der Waals surface area contributed by atoms with Gasteiger partial charge in [-0.15, -0.1) is 0 Å². The second-order valence-corrected chi connectivity index (χ2v) is 8.19. The summed E-state index contributed by atoms with van der Waals surface area (Å²) < 4.78 is 18.7. The van der Waals surface area contributed by atoms with E-state index in [1.165, 1.54) is 6.07 Å². The van der Waals surface area contributed by atoms with Crippen LogP contribution in [0.15, 0.2) is 30.5 Å². The van der Waals surface area contributed by atoms with E-state index in [0.29, 0.717) is 31.9 Å². The molecule has 2 aromatic heterocycles. The standard InChI is InChI=1S/C23H28FN5O3/c1-16-12-18(27-21-7-6-17(24)14-25-21)13-19(26-16)20-4-2-9-29(20)23(31)15-32-11-10-28-8-3-5-22(28)30/h6-7,12-14,20H,2-5,8-11,15H2,1H3,(H,25,26,27)/t20-/m0/s1. The molecule has 170 valence electrons. The van der Waals surface area contributed by atoms with Gasteiger partial charge in [-0.1, -0.05) is 0 Å². The first-order valence-corrected chi connectivity index (χ1v) is 11.0. The molecule has 0 unspecified atom stereocenters. The Hall–Kier alpha value is -3.07. The van der Waals surface area contributed by atoms with Gasteiger partial charge in [0.1, 0.15) is 18.2 Å². The predicted molar refractivity (Wildman–Crippen MR) is 117 cm³/mol. The van der Waals surface area contributed by atoms with E-state index in [0.717, 1.165) is 49.1 Å². The second kappa shape index (κ2) is 10.0. The van der Waals surface area contributed by atoms with Crippen LogP contribution in [0.2, 0.25) is 0 Å². The third-order valence-electron chi connectivity index (χ3n) is 5.79. The van der Waals surface area contributed by atoms with Crippen LogP contribution in [0.1, 0.15) is 43.1 Å². The summed E-state index contributed by atoms with van der Waals surface area (Å²) in [7, 11) is 0. The van der Waals surface area contributed by atoms with Crippen LogP contribution in [0.4, 0.5) is 15.9 Å². The van der Waals surface area contributed by atoms with Crippen molar-refractivity contribution in [1.29, 1.82) is 0 Å². The van der Waals surface area contributed by atoms with Gasteiger partial charge in [-0.3, -0.25) is 14.6 Å². The third kappa shape index (κ3) is 5.40. The summed E-state index contributed by atoms with van der Waals surface area (Å²) in [6, 6.07) is 6.60. The molecule has 0 radical (unpaired) electrons. The van der Waals surface area contributed by atoms with Gasteiger partial charge in [0.25, 0.3) is 0 Å². The molecule has 8 nitrogen and oxygen atoms in total. The topological polar surface area (TPSA) is 87.7 Å². The molecular formula is C23H28FN5O3. The van der Waals surface area contributed by atoms with Gasteiger partial charge in [0.15, 0.2) is 0 Å².